The highest BCUT2D eigenvalue weighted by Crippen LogP contribution is 2.30. The zero-order valence-electron chi connectivity index (χ0n) is 17.4. The van der Waals surface area contributed by atoms with E-state index in [0.717, 1.165) is 21.8 Å². The average Bonchev–Trinajstić information content (AvgIpc) is 3.26. The molecule has 1 aromatic carbocycles. The van der Waals surface area contributed by atoms with Gasteiger partial charge < -0.3 is 14.2 Å². The highest BCUT2D eigenvalue weighted by Gasteiger charge is 2.20. The highest BCUT2D eigenvalue weighted by atomic mass is 32.1. The Balaban J connectivity index is 1.61. The first-order chi connectivity index (χ1) is 14.6. The number of aromatic nitrogens is 2. The van der Waals surface area contributed by atoms with Gasteiger partial charge in [-0.3, -0.25) is 0 Å². The van der Waals surface area contributed by atoms with E-state index in [-0.39, 0.29) is 12.1 Å². The zero-order valence-corrected chi connectivity index (χ0v) is 18.2. The summed E-state index contributed by atoms with van der Waals surface area (Å²) in [7, 11) is 0. The molecule has 2 unspecified atom stereocenters. The van der Waals surface area contributed by atoms with Crippen LogP contribution < -0.4 is 4.74 Å². The fourth-order valence-corrected chi connectivity index (χ4v) is 3.83. The van der Waals surface area contributed by atoms with Crippen molar-refractivity contribution in [2.24, 2.45) is 0 Å². The maximum absolute atomic E-state index is 12.0. The molecule has 0 aliphatic carbocycles. The smallest absolute Gasteiger partial charge is 0.335 e. The van der Waals surface area contributed by atoms with Gasteiger partial charge in [-0.25, -0.2) is 14.8 Å². The molecule has 0 fully saturated rings. The van der Waals surface area contributed by atoms with E-state index < -0.39 is 6.10 Å². The zero-order chi connectivity index (χ0) is 21.3. The molecule has 3 aromatic rings. The molecule has 30 heavy (non-hydrogen) atoms. The number of nitrogens with zero attached hydrogens (tertiary/aromatic N) is 2. The molecule has 0 spiro atoms. The third-order valence-electron chi connectivity index (χ3n) is 4.42. The Morgan fingerprint density at radius 2 is 1.83 bits per heavy atom. The second-order valence-electron chi connectivity index (χ2n) is 6.61. The Labute approximate surface area is 180 Å². The molecule has 0 radical (unpaired) electrons. The first kappa shape index (κ1) is 21.9. The summed E-state index contributed by atoms with van der Waals surface area (Å²) in [6.45, 7) is 6.47. The molecule has 7 heteroatoms. The van der Waals surface area contributed by atoms with Gasteiger partial charge in [0.15, 0.2) is 11.9 Å². The molecular weight excluding hydrogens is 400 g/mol. The largest absolute Gasteiger partial charge is 0.485 e. The summed E-state index contributed by atoms with van der Waals surface area (Å²) in [5.74, 6) is 1.15. The third-order valence-corrected chi connectivity index (χ3v) is 5.51. The molecule has 0 aliphatic heterocycles. The van der Waals surface area contributed by atoms with Crippen molar-refractivity contribution >= 4 is 17.3 Å². The summed E-state index contributed by atoms with van der Waals surface area (Å²) in [6, 6.07) is 11.6. The number of benzene rings is 1. The Morgan fingerprint density at radius 1 is 1.10 bits per heavy atom. The van der Waals surface area contributed by atoms with E-state index in [1.54, 1.807) is 36.7 Å². The fraction of sp³-hybridized carbons (Fsp3) is 0.348. The first-order valence-corrected chi connectivity index (χ1v) is 10.9. The topological polar surface area (TPSA) is 70.5 Å². The van der Waals surface area contributed by atoms with Gasteiger partial charge in [-0.2, -0.15) is 0 Å². The van der Waals surface area contributed by atoms with Crippen LogP contribution >= 0.6 is 11.3 Å². The predicted octanol–water partition coefficient (Wildman–Crippen LogP) is 4.86. The van der Waals surface area contributed by atoms with E-state index in [9.17, 15) is 4.79 Å². The minimum atomic E-state index is -0.592. The molecule has 2 aromatic heterocycles. The van der Waals surface area contributed by atoms with Gasteiger partial charge in [-0.1, -0.05) is 12.1 Å². The van der Waals surface area contributed by atoms with E-state index in [1.165, 1.54) is 0 Å². The Kier molecular flexibility index (Phi) is 7.93. The maximum Gasteiger partial charge on any atom is 0.335 e. The van der Waals surface area contributed by atoms with Crippen molar-refractivity contribution in [2.45, 2.75) is 39.4 Å². The number of esters is 1. The molecular formula is C23H26N2O4S. The van der Waals surface area contributed by atoms with E-state index in [2.05, 4.69) is 16.0 Å². The Hall–Kier alpha value is -2.77. The van der Waals surface area contributed by atoms with Crippen LogP contribution in [0, 0.1) is 0 Å². The van der Waals surface area contributed by atoms with Gasteiger partial charge in [0.25, 0.3) is 0 Å². The van der Waals surface area contributed by atoms with E-state index >= 15 is 0 Å². The van der Waals surface area contributed by atoms with E-state index in [1.807, 2.05) is 43.5 Å². The van der Waals surface area contributed by atoms with Crippen molar-refractivity contribution in [3.63, 3.8) is 0 Å². The third kappa shape index (κ3) is 5.87. The van der Waals surface area contributed by atoms with Gasteiger partial charge in [-0.05, 0) is 50.6 Å². The molecule has 158 valence electrons. The van der Waals surface area contributed by atoms with Crippen molar-refractivity contribution < 1.29 is 19.0 Å². The monoisotopic (exact) mass is 426 g/mol. The lowest BCUT2D eigenvalue weighted by atomic mass is 10.1. The van der Waals surface area contributed by atoms with E-state index in [4.69, 9.17) is 14.2 Å². The van der Waals surface area contributed by atoms with Crippen LogP contribution in [0.4, 0.5) is 0 Å². The standard InChI is InChI=1S/C23H26N2O4S/c1-4-27-20(23(26)28-5-2)13-17-7-9-19(10-8-17)29-16(3)21-14-18(15-30-21)22-24-11-6-12-25-22/h6-12,14-16,20H,4-5,13H2,1-3H3. The molecule has 2 atom stereocenters. The van der Waals surface area contributed by atoms with Crippen LogP contribution in [-0.4, -0.2) is 35.3 Å². The lowest BCUT2D eigenvalue weighted by Gasteiger charge is -2.16. The van der Waals surface area contributed by atoms with Gasteiger partial charge in [0.1, 0.15) is 11.9 Å². The molecule has 3 rings (SSSR count). The molecule has 0 aliphatic rings. The Morgan fingerprint density at radius 3 is 2.50 bits per heavy atom. The average molecular weight is 427 g/mol. The molecule has 6 nitrogen and oxygen atoms in total. The molecule has 0 N–H and O–H groups in total. The summed E-state index contributed by atoms with van der Waals surface area (Å²) in [6.07, 6.45) is 3.24. The summed E-state index contributed by atoms with van der Waals surface area (Å²) >= 11 is 1.62. The van der Waals surface area contributed by atoms with Crippen LogP contribution in [0.2, 0.25) is 0 Å². The lowest BCUT2D eigenvalue weighted by Crippen LogP contribution is -2.28. The number of carbonyl (C=O) groups excluding carboxylic acids is 1. The minimum absolute atomic E-state index is 0.103. The van der Waals surface area contributed by atoms with Gasteiger partial charge in [-0.15, -0.1) is 11.3 Å². The van der Waals surface area contributed by atoms with Gasteiger partial charge in [0.05, 0.1) is 6.61 Å². The maximum atomic E-state index is 12.0. The molecule has 0 saturated carbocycles. The second kappa shape index (κ2) is 10.8. The molecule has 0 saturated heterocycles. The van der Waals surface area contributed by atoms with Gasteiger partial charge in [0, 0.05) is 41.2 Å². The normalized spacial score (nSPS) is 12.9. The number of ether oxygens (including phenoxy) is 3. The minimum Gasteiger partial charge on any atom is -0.485 e. The van der Waals surface area contributed by atoms with E-state index in [0.29, 0.717) is 25.5 Å². The quantitative estimate of drug-likeness (QED) is 0.431. The van der Waals surface area contributed by atoms with Crippen LogP contribution in [0.15, 0.2) is 54.2 Å². The van der Waals surface area contributed by atoms with Crippen molar-refractivity contribution in [3.8, 4) is 17.1 Å². The van der Waals surface area contributed by atoms with Crippen molar-refractivity contribution in [1.29, 1.82) is 0 Å². The molecule has 0 amide bonds. The number of hydrogen-bond acceptors (Lipinski definition) is 7. The lowest BCUT2D eigenvalue weighted by molar-refractivity contribution is -0.156. The van der Waals surface area contributed by atoms with Crippen LogP contribution in [0.25, 0.3) is 11.4 Å². The summed E-state index contributed by atoms with van der Waals surface area (Å²) < 4.78 is 16.7. The van der Waals surface area contributed by atoms with Crippen molar-refractivity contribution in [1.82, 2.24) is 9.97 Å². The van der Waals surface area contributed by atoms with Crippen LogP contribution in [0.3, 0.4) is 0 Å². The molecule has 2 heterocycles. The fourth-order valence-electron chi connectivity index (χ4n) is 2.96. The van der Waals surface area contributed by atoms with Crippen LogP contribution in [-0.2, 0) is 20.7 Å². The van der Waals surface area contributed by atoms with Gasteiger partial charge >= 0.3 is 5.97 Å². The molecule has 0 bridgehead atoms. The number of thiophene rings is 1. The highest BCUT2D eigenvalue weighted by molar-refractivity contribution is 7.10. The number of carbonyl (C=O) groups is 1. The Bertz CT molecular complexity index is 928. The van der Waals surface area contributed by atoms with Gasteiger partial charge in [0.2, 0.25) is 0 Å². The number of rotatable bonds is 10. The second-order valence-corrected chi connectivity index (χ2v) is 7.56. The summed E-state index contributed by atoms with van der Waals surface area (Å²) in [4.78, 5) is 21.7. The summed E-state index contributed by atoms with van der Waals surface area (Å²) in [5, 5.41) is 2.04. The van der Waals surface area contributed by atoms with Crippen LogP contribution in [0.1, 0.15) is 37.3 Å². The first-order valence-electron chi connectivity index (χ1n) is 10.00. The summed E-state index contributed by atoms with van der Waals surface area (Å²) in [5.41, 5.74) is 1.98. The van der Waals surface area contributed by atoms with Crippen molar-refractivity contribution in [3.05, 3.63) is 64.6 Å². The number of hydrogen-bond donors (Lipinski definition) is 0. The van der Waals surface area contributed by atoms with Crippen LogP contribution in [0.5, 0.6) is 5.75 Å². The van der Waals surface area contributed by atoms with Crippen molar-refractivity contribution in [2.75, 3.05) is 13.2 Å². The SMILES string of the molecule is CCOC(=O)C(Cc1ccc(OC(C)c2cc(-c3ncccn3)cs2)cc1)OCC. The predicted molar refractivity (Wildman–Crippen MR) is 117 cm³/mol.